The van der Waals surface area contributed by atoms with Gasteiger partial charge < -0.3 is 4.90 Å². The van der Waals surface area contributed by atoms with Gasteiger partial charge in [-0.2, -0.15) is 0 Å². The third-order valence-corrected chi connectivity index (χ3v) is 13.2. The monoisotopic (exact) mass is 801 g/mol. The van der Waals surface area contributed by atoms with Crippen molar-refractivity contribution in [2.45, 2.75) is 24.7 Å². The molecule has 1 nitrogen and oxygen atoms in total. The molecule has 0 amide bonds. The zero-order valence-electron chi connectivity index (χ0n) is 30.1. The summed E-state index contributed by atoms with van der Waals surface area (Å²) in [5.74, 6) is 0. The minimum Gasteiger partial charge on any atom is -0.309 e. The second kappa shape index (κ2) is 11.6. The van der Waals surface area contributed by atoms with Crippen molar-refractivity contribution in [1.82, 2.24) is 0 Å². The summed E-state index contributed by atoms with van der Waals surface area (Å²) in [6, 6.07) is 68.1. The Hall–Kier alpha value is -5.71. The molecule has 0 saturated carbocycles. The van der Waals surface area contributed by atoms with Crippen molar-refractivity contribution in [3.05, 3.63) is 219 Å². The molecule has 256 valence electrons. The Labute approximate surface area is 330 Å². The predicted octanol–water partition coefficient (Wildman–Crippen LogP) is 14.1. The van der Waals surface area contributed by atoms with Crippen molar-refractivity contribution in [2.24, 2.45) is 0 Å². The Morgan fingerprint density at radius 2 is 0.926 bits per heavy atom. The number of halogens is 1. The molecule has 8 aromatic rings. The Morgan fingerprint density at radius 3 is 1.59 bits per heavy atom. The molecule has 1 spiro atoms. The van der Waals surface area contributed by atoms with E-state index in [2.05, 4.69) is 223 Å². The van der Waals surface area contributed by atoms with Crippen LogP contribution in [0.1, 0.15) is 47.2 Å². The van der Waals surface area contributed by atoms with Crippen molar-refractivity contribution < 1.29 is 0 Å². The maximum Gasteiger partial charge on any atom is 0.0726 e. The lowest BCUT2D eigenvalue weighted by atomic mass is 9.70. The highest BCUT2D eigenvalue weighted by Gasteiger charge is 2.52. The first-order chi connectivity index (χ1) is 26.5. The second-order valence-electron chi connectivity index (χ2n) is 15.4. The van der Waals surface area contributed by atoms with E-state index >= 15 is 0 Å². The summed E-state index contributed by atoms with van der Waals surface area (Å²) in [5.41, 5.74) is 21.5. The van der Waals surface area contributed by atoms with E-state index in [9.17, 15) is 0 Å². The first-order valence-corrected chi connectivity index (χ1v) is 19.9. The third-order valence-electron chi connectivity index (χ3n) is 12.4. The van der Waals surface area contributed by atoms with Crippen LogP contribution in [-0.4, -0.2) is 0 Å². The number of rotatable bonds is 4. The SMILES string of the molecule is CC1(C)c2ccccc2-c2ccc(N(c3ccc(-c4ccccc4)cc3I)c3cccc4c3-c3ccccc3C43c4ccccc4-c4ccccc43)cc21. The number of hydrogen-bond acceptors (Lipinski definition) is 1. The van der Waals surface area contributed by atoms with E-state index in [1.807, 2.05) is 0 Å². The fourth-order valence-corrected chi connectivity index (χ4v) is 10.8. The number of hydrogen-bond donors (Lipinski definition) is 0. The Bertz CT molecular complexity index is 2780. The molecule has 0 saturated heterocycles. The van der Waals surface area contributed by atoms with Crippen LogP contribution >= 0.6 is 22.6 Å². The second-order valence-corrected chi connectivity index (χ2v) is 16.5. The van der Waals surface area contributed by atoms with Gasteiger partial charge in [0.2, 0.25) is 0 Å². The molecule has 0 N–H and O–H groups in total. The van der Waals surface area contributed by atoms with Crippen molar-refractivity contribution in [3.63, 3.8) is 0 Å². The molecule has 0 unspecified atom stereocenters. The number of fused-ring (bicyclic) bond motifs is 13. The summed E-state index contributed by atoms with van der Waals surface area (Å²) in [7, 11) is 0. The normalized spacial score (nSPS) is 14.5. The molecule has 0 atom stereocenters. The average Bonchev–Trinajstić information content (AvgIpc) is 3.78. The van der Waals surface area contributed by atoms with Gasteiger partial charge in [-0.25, -0.2) is 0 Å². The van der Waals surface area contributed by atoms with Gasteiger partial charge in [0.05, 0.1) is 16.8 Å². The smallest absolute Gasteiger partial charge is 0.0726 e. The molecule has 0 fully saturated rings. The Morgan fingerprint density at radius 1 is 0.389 bits per heavy atom. The molecule has 11 rings (SSSR count). The van der Waals surface area contributed by atoms with Crippen molar-refractivity contribution in [3.8, 4) is 44.5 Å². The van der Waals surface area contributed by atoms with E-state index in [1.165, 1.54) is 98.5 Å². The Kier molecular flexibility index (Phi) is 6.85. The molecule has 3 aliphatic carbocycles. The van der Waals surface area contributed by atoms with Crippen LogP contribution in [0.2, 0.25) is 0 Å². The van der Waals surface area contributed by atoms with Gasteiger partial charge >= 0.3 is 0 Å². The highest BCUT2D eigenvalue weighted by molar-refractivity contribution is 14.1. The summed E-state index contributed by atoms with van der Waals surface area (Å²) in [4.78, 5) is 2.54. The zero-order valence-corrected chi connectivity index (χ0v) is 32.3. The van der Waals surface area contributed by atoms with E-state index in [0.717, 1.165) is 0 Å². The molecule has 0 aromatic heterocycles. The molecule has 2 heteroatoms. The number of benzene rings is 8. The predicted molar refractivity (Wildman–Crippen MR) is 233 cm³/mol. The van der Waals surface area contributed by atoms with Crippen molar-refractivity contribution in [2.75, 3.05) is 4.90 Å². The fraction of sp³-hybridized carbons (Fsp3) is 0.0769. The maximum atomic E-state index is 2.56. The highest BCUT2D eigenvalue weighted by atomic mass is 127. The van der Waals surface area contributed by atoms with Crippen LogP contribution < -0.4 is 4.90 Å². The largest absolute Gasteiger partial charge is 0.309 e. The average molecular weight is 802 g/mol. The molecule has 0 aliphatic heterocycles. The molecule has 0 heterocycles. The van der Waals surface area contributed by atoms with Crippen LogP contribution in [-0.2, 0) is 10.8 Å². The van der Waals surface area contributed by atoms with E-state index in [-0.39, 0.29) is 5.41 Å². The van der Waals surface area contributed by atoms with E-state index < -0.39 is 5.41 Å². The molecule has 0 bridgehead atoms. The van der Waals surface area contributed by atoms with Gasteiger partial charge in [0, 0.05) is 20.2 Å². The van der Waals surface area contributed by atoms with Gasteiger partial charge in [0.25, 0.3) is 0 Å². The molecule has 0 radical (unpaired) electrons. The number of nitrogens with zero attached hydrogens (tertiary/aromatic N) is 1. The van der Waals surface area contributed by atoms with E-state index in [1.54, 1.807) is 0 Å². The van der Waals surface area contributed by atoms with Crippen molar-refractivity contribution in [1.29, 1.82) is 0 Å². The molecule has 8 aromatic carbocycles. The fourth-order valence-electron chi connectivity index (χ4n) is 10.0. The highest BCUT2D eigenvalue weighted by Crippen LogP contribution is 2.65. The lowest BCUT2D eigenvalue weighted by Gasteiger charge is -2.32. The minimum atomic E-state index is -0.410. The molecule has 54 heavy (non-hydrogen) atoms. The van der Waals surface area contributed by atoms with Gasteiger partial charge in [-0.15, -0.1) is 0 Å². The van der Waals surface area contributed by atoms with Crippen LogP contribution in [0.3, 0.4) is 0 Å². The summed E-state index contributed by atoms with van der Waals surface area (Å²) >= 11 is 2.56. The maximum absolute atomic E-state index is 2.56. The van der Waals surface area contributed by atoms with Gasteiger partial charge in [-0.3, -0.25) is 0 Å². The Balaban J connectivity index is 1.20. The third kappa shape index (κ3) is 4.20. The lowest BCUT2D eigenvalue weighted by Crippen LogP contribution is -2.26. The minimum absolute atomic E-state index is 0.121. The molecular formula is C52H36IN. The summed E-state index contributed by atoms with van der Waals surface area (Å²) in [6.45, 7) is 4.75. The van der Waals surface area contributed by atoms with Gasteiger partial charge in [0.15, 0.2) is 0 Å². The molecule has 3 aliphatic rings. The standard InChI is InChI=1S/C52H36IN/c1-51(2)41-21-10-6-17-36(41)39-29-28-35(32-46(39)51)54(48-30-27-34(31-47(48)53)33-15-4-3-5-16-33)49-26-14-25-45-50(49)40-20-9-13-24-44(40)52(45)42-22-11-7-18-37(42)38-19-8-12-23-43(38)52/h3-32H,1-2H3. The quantitative estimate of drug-likeness (QED) is 0.160. The lowest BCUT2D eigenvalue weighted by molar-refractivity contribution is 0.660. The van der Waals surface area contributed by atoms with Gasteiger partial charge in [0.1, 0.15) is 0 Å². The van der Waals surface area contributed by atoms with Gasteiger partial charge in [-0.05, 0) is 125 Å². The first kappa shape index (κ1) is 31.8. The zero-order chi connectivity index (χ0) is 36.2. The summed E-state index contributed by atoms with van der Waals surface area (Å²) < 4.78 is 1.20. The molecular weight excluding hydrogens is 765 g/mol. The van der Waals surface area contributed by atoms with Crippen LogP contribution in [0.15, 0.2) is 182 Å². The van der Waals surface area contributed by atoms with Crippen LogP contribution in [0, 0.1) is 3.57 Å². The topological polar surface area (TPSA) is 3.24 Å². The van der Waals surface area contributed by atoms with E-state index in [0.29, 0.717) is 0 Å². The number of anilines is 3. The van der Waals surface area contributed by atoms with Crippen LogP contribution in [0.5, 0.6) is 0 Å². The first-order valence-electron chi connectivity index (χ1n) is 18.8. The van der Waals surface area contributed by atoms with Gasteiger partial charge in [-0.1, -0.05) is 166 Å². The summed E-state index contributed by atoms with van der Waals surface area (Å²) in [6.07, 6.45) is 0. The van der Waals surface area contributed by atoms with Crippen LogP contribution in [0.4, 0.5) is 17.1 Å². The van der Waals surface area contributed by atoms with Crippen molar-refractivity contribution >= 4 is 39.7 Å². The van der Waals surface area contributed by atoms with Crippen LogP contribution in [0.25, 0.3) is 44.5 Å². The van der Waals surface area contributed by atoms with E-state index in [4.69, 9.17) is 0 Å². The summed E-state index contributed by atoms with van der Waals surface area (Å²) in [5, 5.41) is 0.